The van der Waals surface area contributed by atoms with Gasteiger partial charge in [-0.2, -0.15) is 0 Å². The molecule has 0 radical (unpaired) electrons. The van der Waals surface area contributed by atoms with Crippen LogP contribution in [0.1, 0.15) is 47.6 Å². The lowest BCUT2D eigenvalue weighted by Crippen LogP contribution is -2.30. The summed E-state index contributed by atoms with van der Waals surface area (Å²) in [4.78, 5) is 15.1. The fourth-order valence-electron chi connectivity index (χ4n) is 3.20. The first-order valence-electron chi connectivity index (χ1n) is 9.09. The van der Waals surface area contributed by atoms with Gasteiger partial charge in [0.25, 0.3) is 5.91 Å². The van der Waals surface area contributed by atoms with Crippen LogP contribution in [0.4, 0.5) is 0 Å². The SMILES string of the molecule is COc1cc(OC)cc([C@@H]2SCCN2C(=O)c2ccc(C(C)(C)C)cc2)c1. The Morgan fingerprint density at radius 1 is 1.04 bits per heavy atom. The fraction of sp³-hybridized carbons (Fsp3) is 0.409. The number of hydrogen-bond donors (Lipinski definition) is 0. The van der Waals surface area contributed by atoms with Crippen molar-refractivity contribution in [1.29, 1.82) is 0 Å². The molecule has 2 aromatic rings. The van der Waals surface area contributed by atoms with Crippen molar-refractivity contribution in [2.45, 2.75) is 31.6 Å². The molecule has 1 aliphatic heterocycles. The standard InChI is InChI=1S/C22H27NO3S/c1-22(2,3)17-8-6-15(7-9-17)20(24)23-10-11-27-21(23)16-12-18(25-4)14-19(13-16)26-5/h6-9,12-14,21H,10-11H2,1-5H3/t21-/m0/s1. The summed E-state index contributed by atoms with van der Waals surface area (Å²) < 4.78 is 10.8. The third-order valence-electron chi connectivity index (χ3n) is 4.81. The number of carbonyl (C=O) groups is 1. The predicted molar refractivity (Wildman–Crippen MR) is 111 cm³/mol. The minimum absolute atomic E-state index is 0.0382. The second kappa shape index (κ2) is 7.85. The van der Waals surface area contributed by atoms with Crippen LogP contribution in [-0.4, -0.2) is 37.3 Å². The molecule has 27 heavy (non-hydrogen) atoms. The molecule has 1 saturated heterocycles. The van der Waals surface area contributed by atoms with Crippen molar-refractivity contribution in [1.82, 2.24) is 4.90 Å². The molecule has 0 unspecified atom stereocenters. The molecule has 0 spiro atoms. The Morgan fingerprint density at radius 3 is 2.15 bits per heavy atom. The van der Waals surface area contributed by atoms with Crippen LogP contribution in [0.2, 0.25) is 0 Å². The zero-order valence-electron chi connectivity index (χ0n) is 16.6. The molecule has 1 aliphatic rings. The van der Waals surface area contributed by atoms with Gasteiger partial charge < -0.3 is 14.4 Å². The van der Waals surface area contributed by atoms with Gasteiger partial charge in [0.05, 0.1) is 14.2 Å². The van der Waals surface area contributed by atoms with E-state index in [4.69, 9.17) is 9.47 Å². The third kappa shape index (κ3) is 4.24. The minimum atomic E-state index is -0.0382. The Kier molecular flexibility index (Phi) is 5.70. The Labute approximate surface area is 165 Å². The van der Waals surface area contributed by atoms with Crippen molar-refractivity contribution in [3.8, 4) is 11.5 Å². The largest absolute Gasteiger partial charge is 0.497 e. The van der Waals surface area contributed by atoms with Crippen LogP contribution in [0.25, 0.3) is 0 Å². The number of thioether (sulfide) groups is 1. The summed E-state index contributed by atoms with van der Waals surface area (Å²) >= 11 is 1.77. The molecule has 1 atom stereocenters. The predicted octanol–water partition coefficient (Wildman–Crippen LogP) is 4.89. The summed E-state index contributed by atoms with van der Waals surface area (Å²) in [6.07, 6.45) is 0. The van der Waals surface area contributed by atoms with E-state index >= 15 is 0 Å². The van der Waals surface area contributed by atoms with E-state index in [1.807, 2.05) is 35.2 Å². The quantitative estimate of drug-likeness (QED) is 0.751. The number of ether oxygens (including phenoxy) is 2. The summed E-state index contributed by atoms with van der Waals surface area (Å²) in [6, 6.07) is 13.8. The summed E-state index contributed by atoms with van der Waals surface area (Å²) in [5, 5.41) is -0.0382. The van der Waals surface area contributed by atoms with E-state index < -0.39 is 0 Å². The highest BCUT2D eigenvalue weighted by atomic mass is 32.2. The molecule has 144 valence electrons. The zero-order valence-corrected chi connectivity index (χ0v) is 17.4. The average Bonchev–Trinajstić information content (AvgIpc) is 3.16. The molecule has 4 nitrogen and oxygen atoms in total. The molecular formula is C22H27NO3S. The highest BCUT2D eigenvalue weighted by Crippen LogP contribution is 2.41. The summed E-state index contributed by atoms with van der Waals surface area (Å²) in [7, 11) is 3.28. The van der Waals surface area contributed by atoms with E-state index in [0.717, 1.165) is 34.9 Å². The minimum Gasteiger partial charge on any atom is -0.497 e. The number of benzene rings is 2. The van der Waals surface area contributed by atoms with Gasteiger partial charge in [-0.15, -0.1) is 11.8 Å². The van der Waals surface area contributed by atoms with E-state index in [1.165, 1.54) is 5.56 Å². The first-order valence-corrected chi connectivity index (χ1v) is 10.1. The number of rotatable bonds is 4. The first kappa shape index (κ1) is 19.6. The van der Waals surface area contributed by atoms with Gasteiger partial charge in [0.1, 0.15) is 16.9 Å². The highest BCUT2D eigenvalue weighted by molar-refractivity contribution is 7.99. The molecule has 0 N–H and O–H groups in total. The molecule has 0 bridgehead atoms. The van der Waals surface area contributed by atoms with Gasteiger partial charge in [-0.3, -0.25) is 4.79 Å². The first-order chi connectivity index (χ1) is 12.8. The van der Waals surface area contributed by atoms with Gasteiger partial charge in [-0.05, 0) is 40.8 Å². The Morgan fingerprint density at radius 2 is 1.63 bits per heavy atom. The number of hydrogen-bond acceptors (Lipinski definition) is 4. The number of amides is 1. The molecular weight excluding hydrogens is 358 g/mol. The highest BCUT2D eigenvalue weighted by Gasteiger charge is 2.32. The monoisotopic (exact) mass is 385 g/mol. The maximum Gasteiger partial charge on any atom is 0.255 e. The van der Waals surface area contributed by atoms with Gasteiger partial charge in [0, 0.05) is 23.9 Å². The molecule has 5 heteroatoms. The molecule has 0 aliphatic carbocycles. The van der Waals surface area contributed by atoms with Crippen molar-refractivity contribution in [3.63, 3.8) is 0 Å². The van der Waals surface area contributed by atoms with Gasteiger partial charge in [-0.1, -0.05) is 32.9 Å². The van der Waals surface area contributed by atoms with E-state index in [2.05, 4.69) is 32.9 Å². The molecule has 0 saturated carbocycles. The fourth-order valence-corrected chi connectivity index (χ4v) is 4.44. The lowest BCUT2D eigenvalue weighted by Gasteiger charge is -2.25. The van der Waals surface area contributed by atoms with Gasteiger partial charge >= 0.3 is 0 Å². The van der Waals surface area contributed by atoms with Crippen LogP contribution in [0, 0.1) is 0 Å². The maximum atomic E-state index is 13.2. The molecule has 0 aromatic heterocycles. The number of nitrogens with zero attached hydrogens (tertiary/aromatic N) is 1. The number of methoxy groups -OCH3 is 2. The average molecular weight is 386 g/mol. The van der Waals surface area contributed by atoms with Crippen molar-refractivity contribution in [2.75, 3.05) is 26.5 Å². The lowest BCUT2D eigenvalue weighted by atomic mass is 9.86. The Hall–Kier alpha value is -2.14. The second-order valence-corrected chi connectivity index (χ2v) is 8.88. The summed E-state index contributed by atoms with van der Waals surface area (Å²) in [6.45, 7) is 7.25. The number of carbonyl (C=O) groups excluding carboxylic acids is 1. The zero-order chi connectivity index (χ0) is 19.6. The van der Waals surface area contributed by atoms with Crippen molar-refractivity contribution in [3.05, 3.63) is 59.2 Å². The maximum absolute atomic E-state index is 13.2. The van der Waals surface area contributed by atoms with Crippen LogP contribution in [0.15, 0.2) is 42.5 Å². The summed E-state index contributed by atoms with van der Waals surface area (Å²) in [5.74, 6) is 2.44. The van der Waals surface area contributed by atoms with E-state index in [1.54, 1.807) is 26.0 Å². The second-order valence-electron chi connectivity index (χ2n) is 7.70. The van der Waals surface area contributed by atoms with Crippen molar-refractivity contribution in [2.24, 2.45) is 0 Å². The van der Waals surface area contributed by atoms with Crippen LogP contribution in [0.5, 0.6) is 11.5 Å². The Balaban J connectivity index is 1.87. The van der Waals surface area contributed by atoms with Crippen molar-refractivity contribution < 1.29 is 14.3 Å². The molecule has 3 rings (SSSR count). The van der Waals surface area contributed by atoms with E-state index in [0.29, 0.717) is 0 Å². The van der Waals surface area contributed by atoms with Crippen LogP contribution in [0.3, 0.4) is 0 Å². The van der Waals surface area contributed by atoms with E-state index in [9.17, 15) is 4.79 Å². The topological polar surface area (TPSA) is 38.8 Å². The van der Waals surface area contributed by atoms with Gasteiger partial charge in [-0.25, -0.2) is 0 Å². The Bertz CT molecular complexity index is 789. The molecule has 1 amide bonds. The molecule has 1 fully saturated rings. The van der Waals surface area contributed by atoms with E-state index in [-0.39, 0.29) is 16.7 Å². The van der Waals surface area contributed by atoms with Gasteiger partial charge in [0.2, 0.25) is 0 Å². The van der Waals surface area contributed by atoms with Crippen LogP contribution in [-0.2, 0) is 5.41 Å². The van der Waals surface area contributed by atoms with Crippen LogP contribution < -0.4 is 9.47 Å². The van der Waals surface area contributed by atoms with Crippen molar-refractivity contribution >= 4 is 17.7 Å². The summed E-state index contributed by atoms with van der Waals surface area (Å²) in [5.41, 5.74) is 3.05. The molecule has 2 aromatic carbocycles. The van der Waals surface area contributed by atoms with Crippen LogP contribution >= 0.6 is 11.8 Å². The third-order valence-corrected chi connectivity index (χ3v) is 6.07. The normalized spacial score (nSPS) is 17.1. The smallest absolute Gasteiger partial charge is 0.255 e. The lowest BCUT2D eigenvalue weighted by molar-refractivity contribution is 0.0760. The van der Waals surface area contributed by atoms with Gasteiger partial charge in [0.15, 0.2) is 0 Å². The molecule has 1 heterocycles.